The molecule has 0 fully saturated rings. The van der Waals surface area contributed by atoms with Gasteiger partial charge in [-0.1, -0.05) is 0 Å². The van der Waals surface area contributed by atoms with Gasteiger partial charge in [-0.05, 0) is 0 Å². The zero-order valence-electron chi connectivity index (χ0n) is 4.42. The van der Waals surface area contributed by atoms with Gasteiger partial charge in [0.15, 0.2) is 0 Å². The van der Waals surface area contributed by atoms with Gasteiger partial charge in [0.25, 0.3) is 0 Å². The molecule has 0 aromatic heterocycles. The van der Waals surface area contributed by atoms with Gasteiger partial charge in [-0.15, -0.1) is 0 Å². The van der Waals surface area contributed by atoms with Crippen LogP contribution < -0.4 is 0 Å². The Morgan fingerprint density at radius 3 is 2.43 bits per heavy atom. The van der Waals surface area contributed by atoms with Gasteiger partial charge in [0.2, 0.25) is 0 Å². The first-order valence-corrected chi connectivity index (χ1v) is 3.65. The molecule has 0 rings (SSSR count). The SMILES string of the molecule is [B]=BB=S(#B)CC. The molecule has 0 aliphatic carbocycles. The van der Waals surface area contributed by atoms with Crippen molar-refractivity contribution in [2.45, 2.75) is 6.92 Å². The average Bonchev–Trinajstić information content (AvgIpc) is 1.68. The van der Waals surface area contributed by atoms with E-state index in [9.17, 15) is 0 Å². The average molecular weight is 104 g/mol. The molecule has 0 aliphatic rings. The van der Waals surface area contributed by atoms with Crippen molar-refractivity contribution in [1.82, 2.24) is 0 Å². The third-order valence-corrected chi connectivity index (χ3v) is 1.76. The molecule has 31 valence electrons. The summed E-state index contributed by atoms with van der Waals surface area (Å²) in [6.07, 6.45) is 0. The molecule has 0 aromatic rings. The van der Waals surface area contributed by atoms with Gasteiger partial charge >= 0.3 is 48.9 Å². The van der Waals surface area contributed by atoms with E-state index in [2.05, 4.69) is 0 Å². The van der Waals surface area contributed by atoms with Crippen molar-refractivity contribution in [1.29, 1.82) is 0 Å². The van der Waals surface area contributed by atoms with Gasteiger partial charge < -0.3 is 0 Å². The van der Waals surface area contributed by atoms with Crippen LogP contribution in [0.25, 0.3) is 0 Å². The van der Waals surface area contributed by atoms with Gasteiger partial charge in [-0.25, -0.2) is 0 Å². The summed E-state index contributed by atoms with van der Waals surface area (Å²) in [6, 6.07) is 1.81. The Morgan fingerprint density at radius 1 is 1.71 bits per heavy atom. The van der Waals surface area contributed by atoms with E-state index in [1.54, 1.807) is 6.05 Å². The second kappa shape index (κ2) is 4.63. The summed E-state index contributed by atoms with van der Waals surface area (Å²) in [5, 5.41) is 0. The Morgan fingerprint density at radius 2 is 2.29 bits per heavy atom. The predicted molar refractivity (Wildman–Crippen MR) is 41.1 cm³/mol. The Hall–Kier alpha value is 0.480. The van der Waals surface area contributed by atoms with Gasteiger partial charge in [-0.2, -0.15) is 0 Å². The fraction of sp³-hybridized carbons (Fsp3) is 1.00. The Labute approximate surface area is 49.5 Å². The first-order chi connectivity index (χ1) is 3.31. The molecule has 0 heterocycles. The van der Waals surface area contributed by atoms with Crippen LogP contribution in [0.15, 0.2) is 0 Å². The van der Waals surface area contributed by atoms with Gasteiger partial charge in [0.05, 0.1) is 0 Å². The first kappa shape index (κ1) is 7.48. The molecule has 1 radical (unpaired) electrons. The Kier molecular flexibility index (Phi) is 4.95. The fourth-order valence-corrected chi connectivity index (χ4v) is 0.591. The normalized spacial score (nSPS) is 9.71. The molecule has 0 aromatic carbocycles. The number of hydrogen-bond acceptors (Lipinski definition) is 0. The topological polar surface area (TPSA) is 0 Å². The summed E-state index contributed by atoms with van der Waals surface area (Å²) >= 11 is 0. The van der Waals surface area contributed by atoms with Crippen molar-refractivity contribution >= 4 is 36.2 Å². The minimum absolute atomic E-state index is 0.0826. The molecule has 0 bridgehead atoms. The van der Waals surface area contributed by atoms with Crippen molar-refractivity contribution in [3.8, 4) is 0 Å². The summed E-state index contributed by atoms with van der Waals surface area (Å²) in [6.45, 7) is 8.97. The van der Waals surface area contributed by atoms with Crippen LogP contribution in [0.5, 0.6) is 0 Å². The summed E-state index contributed by atoms with van der Waals surface area (Å²) < 4.78 is 0. The van der Waals surface area contributed by atoms with Gasteiger partial charge in [0, 0.05) is 0 Å². The number of hydrogen-bond donors (Lipinski definition) is 0. The maximum absolute atomic E-state index is 5.44. The molecule has 0 N–H and O–H groups in total. The van der Waals surface area contributed by atoms with Crippen LogP contribution in [0.2, 0.25) is 0 Å². The molecule has 0 saturated heterocycles. The molecule has 0 aliphatic heterocycles. The van der Waals surface area contributed by atoms with Gasteiger partial charge in [0.1, 0.15) is 0 Å². The van der Waals surface area contributed by atoms with Crippen LogP contribution in [0.3, 0.4) is 0 Å². The van der Waals surface area contributed by atoms with Crippen LogP contribution >= 0.6 is 9.56 Å². The molecule has 0 atom stereocenters. The zero-order chi connectivity index (χ0) is 5.70. The van der Waals surface area contributed by atoms with E-state index in [-0.39, 0.29) is 9.56 Å². The summed E-state index contributed by atoms with van der Waals surface area (Å²) in [5.74, 6) is 0.980. The van der Waals surface area contributed by atoms with E-state index >= 15 is 0 Å². The first-order valence-electron chi connectivity index (χ1n) is 2.13. The molecular weight excluding hydrogens is 99.3 g/mol. The van der Waals surface area contributed by atoms with E-state index < -0.39 is 0 Å². The summed E-state index contributed by atoms with van der Waals surface area (Å²) in [4.78, 5) is 0. The predicted octanol–water partition coefficient (Wildman–Crippen LogP) is -0.319. The second-order valence-corrected chi connectivity index (χ2v) is 2.87. The van der Waals surface area contributed by atoms with Crippen LogP contribution in [-0.4, -0.2) is 32.4 Å². The molecule has 0 unspecified atom stereocenters. The fourth-order valence-electron chi connectivity index (χ4n) is 0.197. The molecule has 7 heavy (non-hydrogen) atoms. The van der Waals surface area contributed by atoms with Crippen molar-refractivity contribution in [2.24, 2.45) is 0 Å². The van der Waals surface area contributed by atoms with Crippen molar-refractivity contribution < 1.29 is 0 Å². The van der Waals surface area contributed by atoms with Crippen LogP contribution in [0, 0.1) is 0 Å². The van der Waals surface area contributed by atoms with Gasteiger partial charge in [-0.3, -0.25) is 0 Å². The van der Waals surface area contributed by atoms with Crippen molar-refractivity contribution in [3.63, 3.8) is 0 Å². The molecular formula is C2H5B4S. The monoisotopic (exact) mass is 105 g/mol. The van der Waals surface area contributed by atoms with Crippen LogP contribution in [0.1, 0.15) is 6.92 Å². The number of rotatable bonds is 1. The Bertz CT molecular complexity index is 163. The zero-order valence-corrected chi connectivity index (χ0v) is 5.24. The van der Waals surface area contributed by atoms with Crippen molar-refractivity contribution in [2.75, 3.05) is 5.75 Å². The van der Waals surface area contributed by atoms with E-state index in [4.69, 9.17) is 13.9 Å². The van der Waals surface area contributed by atoms with E-state index in [1.165, 1.54) is 6.69 Å². The molecule has 0 amide bonds. The summed E-state index contributed by atoms with van der Waals surface area (Å²) in [5.41, 5.74) is 0. The standard InChI is InChI=1S/C2H5B4S/c1-2-7(4)6-5-3/h2H2,1H3. The molecule has 0 saturated carbocycles. The maximum atomic E-state index is 5.44. The quantitative estimate of drug-likeness (QED) is 0.400. The minimum atomic E-state index is -0.0826. The van der Waals surface area contributed by atoms with E-state index in [0.29, 0.717) is 0 Å². The Balaban J connectivity index is 3.85. The molecule has 5 heteroatoms. The second-order valence-electron chi connectivity index (χ2n) is 1.09. The molecule has 0 nitrogen and oxygen atoms in total. The van der Waals surface area contributed by atoms with Crippen LogP contribution in [0.4, 0.5) is 0 Å². The summed E-state index contributed by atoms with van der Waals surface area (Å²) in [7, 11) is 4.97. The third kappa shape index (κ3) is 4.33. The third-order valence-electron chi connectivity index (χ3n) is 0.587. The molecule has 0 spiro atoms. The van der Waals surface area contributed by atoms with Crippen molar-refractivity contribution in [3.05, 3.63) is 0 Å². The van der Waals surface area contributed by atoms with E-state index in [1.807, 2.05) is 6.92 Å². The van der Waals surface area contributed by atoms with E-state index in [0.717, 1.165) is 5.75 Å². The van der Waals surface area contributed by atoms with Crippen LogP contribution in [-0.2, 0) is 0 Å².